The Kier molecular flexibility index (Phi) is 3.18. The lowest BCUT2D eigenvalue weighted by Crippen LogP contribution is -2.24. The van der Waals surface area contributed by atoms with Crippen molar-refractivity contribution in [1.82, 2.24) is 9.88 Å². The molecule has 5 heteroatoms. The zero-order valence-corrected chi connectivity index (χ0v) is 8.73. The molecule has 0 saturated carbocycles. The lowest BCUT2D eigenvalue weighted by molar-refractivity contribution is 0.0686. The molecule has 2 heterocycles. The third kappa shape index (κ3) is 1.63. The fourth-order valence-corrected chi connectivity index (χ4v) is 1.79. The summed E-state index contributed by atoms with van der Waals surface area (Å²) in [5, 5.41) is 12.1. The van der Waals surface area contributed by atoms with Crippen LogP contribution < -0.4 is 5.32 Å². The molecule has 0 atom stereocenters. The van der Waals surface area contributed by atoms with E-state index in [1.807, 2.05) is 0 Å². The average Bonchev–Trinajstić information content (AvgIpc) is 2.45. The maximum Gasteiger partial charge on any atom is 0.352 e. The molecule has 78 valence electrons. The minimum atomic E-state index is -0.850. The molecule has 1 aliphatic heterocycles. The highest BCUT2D eigenvalue weighted by atomic mass is 35.5. The fourth-order valence-electron chi connectivity index (χ4n) is 1.79. The molecule has 0 radical (unpaired) electrons. The molecule has 0 fully saturated rings. The number of rotatable bonds is 1. The number of carboxylic acids is 1. The molecule has 0 aliphatic carbocycles. The maximum absolute atomic E-state index is 10.8. The zero-order chi connectivity index (χ0) is 9.42. The zero-order valence-electron chi connectivity index (χ0n) is 7.91. The molecule has 1 aromatic rings. The van der Waals surface area contributed by atoms with Crippen molar-refractivity contribution in [2.24, 2.45) is 7.05 Å². The summed E-state index contributed by atoms with van der Waals surface area (Å²) in [5.74, 6) is -0.850. The first kappa shape index (κ1) is 11.1. The quantitative estimate of drug-likeness (QED) is 0.730. The van der Waals surface area contributed by atoms with Gasteiger partial charge in [0.2, 0.25) is 0 Å². The van der Waals surface area contributed by atoms with E-state index in [4.69, 9.17) is 5.11 Å². The number of aromatic carboxylic acids is 1. The van der Waals surface area contributed by atoms with E-state index in [2.05, 4.69) is 5.32 Å². The van der Waals surface area contributed by atoms with Crippen LogP contribution in [0.25, 0.3) is 0 Å². The van der Waals surface area contributed by atoms with Gasteiger partial charge in [0.15, 0.2) is 0 Å². The molecule has 0 spiro atoms. The number of fused-ring (bicyclic) bond motifs is 1. The first-order valence-electron chi connectivity index (χ1n) is 4.31. The second-order valence-corrected chi connectivity index (χ2v) is 3.29. The summed E-state index contributed by atoms with van der Waals surface area (Å²) in [6.45, 7) is 1.72. The van der Waals surface area contributed by atoms with Crippen LogP contribution in [0.3, 0.4) is 0 Å². The van der Waals surface area contributed by atoms with Gasteiger partial charge in [-0.05, 0) is 24.6 Å². The molecule has 1 aromatic heterocycles. The third-order valence-corrected chi connectivity index (χ3v) is 2.53. The van der Waals surface area contributed by atoms with Gasteiger partial charge in [0.25, 0.3) is 0 Å². The molecule has 1 aliphatic rings. The Morgan fingerprint density at radius 2 is 2.36 bits per heavy atom. The smallest absolute Gasteiger partial charge is 0.352 e. The standard InChI is InChI=1S/C9H12N2O2.ClH/c1-11-7(9(12)13)4-6-2-3-10-5-8(6)11;/h4,10H,2-3,5H2,1H3,(H,12,13);1H. The Bertz CT molecular complexity index is 360. The lowest BCUT2D eigenvalue weighted by Gasteiger charge is -2.14. The van der Waals surface area contributed by atoms with Crippen molar-refractivity contribution >= 4 is 18.4 Å². The Balaban J connectivity index is 0.000000980. The molecule has 0 saturated heterocycles. The monoisotopic (exact) mass is 216 g/mol. The van der Waals surface area contributed by atoms with Crippen molar-refractivity contribution in [1.29, 1.82) is 0 Å². The summed E-state index contributed by atoms with van der Waals surface area (Å²) in [6, 6.07) is 1.78. The molecule has 2 rings (SSSR count). The molecule has 0 bridgehead atoms. The number of nitrogens with one attached hydrogen (secondary N) is 1. The summed E-state index contributed by atoms with van der Waals surface area (Å²) in [6.07, 6.45) is 0.927. The number of nitrogens with zero attached hydrogens (tertiary/aromatic N) is 1. The number of carbonyl (C=O) groups is 1. The number of aromatic nitrogens is 1. The van der Waals surface area contributed by atoms with Crippen LogP contribution >= 0.6 is 12.4 Å². The molecule has 0 unspecified atom stereocenters. The predicted molar refractivity (Wildman–Crippen MR) is 55.0 cm³/mol. The van der Waals surface area contributed by atoms with Gasteiger partial charge in [-0.3, -0.25) is 0 Å². The Labute approximate surface area is 88.3 Å². The highest BCUT2D eigenvalue weighted by Crippen LogP contribution is 2.18. The van der Waals surface area contributed by atoms with Gasteiger partial charge in [-0.25, -0.2) is 4.79 Å². The molecular weight excluding hydrogens is 204 g/mol. The first-order chi connectivity index (χ1) is 6.20. The van der Waals surface area contributed by atoms with E-state index in [9.17, 15) is 4.79 Å². The second-order valence-electron chi connectivity index (χ2n) is 3.29. The summed E-state index contributed by atoms with van der Waals surface area (Å²) in [5.41, 5.74) is 2.65. The predicted octanol–water partition coefficient (Wildman–Crippen LogP) is 0.791. The normalized spacial score (nSPS) is 14.4. The molecule has 2 N–H and O–H groups in total. The lowest BCUT2D eigenvalue weighted by atomic mass is 10.1. The van der Waals surface area contributed by atoms with Crippen molar-refractivity contribution in [3.8, 4) is 0 Å². The summed E-state index contributed by atoms with van der Waals surface area (Å²) in [7, 11) is 1.80. The van der Waals surface area contributed by atoms with Crippen LogP contribution in [0, 0.1) is 0 Å². The van der Waals surface area contributed by atoms with Gasteiger partial charge in [-0.15, -0.1) is 12.4 Å². The van der Waals surface area contributed by atoms with Crippen LogP contribution in [-0.4, -0.2) is 22.2 Å². The second kappa shape index (κ2) is 4.02. The molecular formula is C9H13ClN2O2. The fraction of sp³-hybridized carbons (Fsp3) is 0.444. The number of carboxylic acid groups (broad SMARTS) is 1. The third-order valence-electron chi connectivity index (χ3n) is 2.53. The van der Waals surface area contributed by atoms with Crippen LogP contribution in [-0.2, 0) is 20.0 Å². The largest absolute Gasteiger partial charge is 0.477 e. The van der Waals surface area contributed by atoms with Gasteiger partial charge >= 0.3 is 5.97 Å². The van der Waals surface area contributed by atoms with Gasteiger partial charge in [-0.1, -0.05) is 0 Å². The van der Waals surface area contributed by atoms with Crippen molar-refractivity contribution in [2.45, 2.75) is 13.0 Å². The van der Waals surface area contributed by atoms with Gasteiger partial charge in [-0.2, -0.15) is 0 Å². The summed E-state index contributed by atoms with van der Waals surface area (Å²) < 4.78 is 1.75. The minimum absolute atomic E-state index is 0. The molecule has 14 heavy (non-hydrogen) atoms. The molecule has 4 nitrogen and oxygen atoms in total. The maximum atomic E-state index is 10.8. The van der Waals surface area contributed by atoms with Crippen LogP contribution in [0.5, 0.6) is 0 Å². The van der Waals surface area contributed by atoms with Crippen LogP contribution in [0.4, 0.5) is 0 Å². The Hall–Kier alpha value is -1.00. The number of hydrogen-bond acceptors (Lipinski definition) is 2. The SMILES string of the molecule is Cl.Cn1c(C(=O)O)cc2c1CNCC2. The van der Waals surface area contributed by atoms with Crippen LogP contribution in [0.2, 0.25) is 0 Å². The molecule has 0 aromatic carbocycles. The van der Waals surface area contributed by atoms with Crippen LogP contribution in [0.15, 0.2) is 6.07 Å². The van der Waals surface area contributed by atoms with E-state index in [1.165, 1.54) is 5.56 Å². The van der Waals surface area contributed by atoms with Crippen LogP contribution in [0.1, 0.15) is 21.7 Å². The first-order valence-corrected chi connectivity index (χ1v) is 4.31. The van der Waals surface area contributed by atoms with Gasteiger partial charge in [0.05, 0.1) is 0 Å². The number of hydrogen-bond donors (Lipinski definition) is 2. The Morgan fingerprint density at radius 3 is 2.93 bits per heavy atom. The van der Waals surface area contributed by atoms with Crippen molar-refractivity contribution < 1.29 is 9.90 Å². The highest BCUT2D eigenvalue weighted by Gasteiger charge is 2.18. The topological polar surface area (TPSA) is 54.3 Å². The van der Waals surface area contributed by atoms with E-state index in [1.54, 1.807) is 17.7 Å². The van der Waals surface area contributed by atoms with E-state index in [0.29, 0.717) is 5.69 Å². The van der Waals surface area contributed by atoms with E-state index in [-0.39, 0.29) is 12.4 Å². The van der Waals surface area contributed by atoms with Gasteiger partial charge in [0, 0.05) is 19.3 Å². The van der Waals surface area contributed by atoms with E-state index < -0.39 is 5.97 Å². The molecule has 0 amide bonds. The average molecular weight is 217 g/mol. The number of halogens is 1. The van der Waals surface area contributed by atoms with Crippen molar-refractivity contribution in [3.05, 3.63) is 23.0 Å². The van der Waals surface area contributed by atoms with Gasteiger partial charge < -0.3 is 15.0 Å². The summed E-state index contributed by atoms with van der Waals surface area (Å²) in [4.78, 5) is 10.8. The summed E-state index contributed by atoms with van der Waals surface area (Å²) >= 11 is 0. The van der Waals surface area contributed by atoms with Crippen molar-refractivity contribution in [3.63, 3.8) is 0 Å². The van der Waals surface area contributed by atoms with Crippen molar-refractivity contribution in [2.75, 3.05) is 6.54 Å². The minimum Gasteiger partial charge on any atom is -0.477 e. The van der Waals surface area contributed by atoms with E-state index in [0.717, 1.165) is 25.2 Å². The highest BCUT2D eigenvalue weighted by molar-refractivity contribution is 5.86. The van der Waals surface area contributed by atoms with Gasteiger partial charge in [0.1, 0.15) is 5.69 Å². The Morgan fingerprint density at radius 1 is 1.64 bits per heavy atom. The van der Waals surface area contributed by atoms with E-state index >= 15 is 0 Å².